The number of carbonyl (C=O) groups excluding carboxylic acids is 3. The lowest BCUT2D eigenvalue weighted by molar-refractivity contribution is -0.129. The molecule has 1 aromatic carbocycles. The first kappa shape index (κ1) is 15.3. The molecule has 2 fully saturated rings. The first-order chi connectivity index (χ1) is 11.0. The van der Waals surface area contributed by atoms with Crippen LogP contribution in [-0.4, -0.2) is 58.3 Å². The highest BCUT2D eigenvalue weighted by Crippen LogP contribution is 2.24. The average Bonchev–Trinajstić information content (AvgIpc) is 2.79. The molecule has 23 heavy (non-hydrogen) atoms. The summed E-state index contributed by atoms with van der Waals surface area (Å²) in [5.74, 6) is -0.261. The van der Waals surface area contributed by atoms with E-state index in [1.165, 1.54) is 20.3 Å². The third-order valence-corrected chi connectivity index (χ3v) is 4.46. The highest BCUT2D eigenvalue weighted by Gasteiger charge is 2.48. The second kappa shape index (κ2) is 5.91. The molecule has 0 radical (unpaired) electrons. The molecule has 0 spiro atoms. The van der Waals surface area contributed by atoms with Gasteiger partial charge in [-0.15, -0.1) is 0 Å². The summed E-state index contributed by atoms with van der Waals surface area (Å²) in [5.41, 5.74) is 7.37. The summed E-state index contributed by atoms with van der Waals surface area (Å²) in [6.45, 7) is 3.19. The number of primary amides is 1. The Kier molecular flexibility index (Phi) is 3.94. The van der Waals surface area contributed by atoms with Crippen molar-refractivity contribution in [2.24, 2.45) is 5.73 Å². The number of amides is 5. The van der Waals surface area contributed by atoms with Crippen molar-refractivity contribution in [3.8, 4) is 0 Å². The van der Waals surface area contributed by atoms with E-state index in [1.54, 1.807) is 0 Å². The van der Waals surface area contributed by atoms with E-state index in [0.29, 0.717) is 13.1 Å². The molecule has 2 saturated heterocycles. The highest BCUT2D eigenvalue weighted by molar-refractivity contribution is 6.04. The molecule has 7 heteroatoms. The molecular formula is C16H20N4O3. The van der Waals surface area contributed by atoms with Gasteiger partial charge in [-0.05, 0) is 17.5 Å². The van der Waals surface area contributed by atoms with Gasteiger partial charge in [0, 0.05) is 13.1 Å². The van der Waals surface area contributed by atoms with Crippen LogP contribution in [0, 0.1) is 0 Å². The van der Waals surface area contributed by atoms with Crippen LogP contribution in [0.15, 0.2) is 24.3 Å². The smallest absolute Gasteiger partial charge is 0.327 e. The minimum atomic E-state index is -0.613. The first-order valence-corrected chi connectivity index (χ1v) is 7.75. The van der Waals surface area contributed by atoms with Crippen molar-refractivity contribution in [1.82, 2.24) is 14.7 Å². The number of hydrogen-bond donors (Lipinski definition) is 1. The van der Waals surface area contributed by atoms with Crippen LogP contribution >= 0.6 is 0 Å². The zero-order chi connectivity index (χ0) is 16.6. The third kappa shape index (κ3) is 2.74. The lowest BCUT2D eigenvalue weighted by atomic mass is 10.1. The van der Waals surface area contributed by atoms with Crippen LogP contribution in [0.3, 0.4) is 0 Å². The molecule has 2 aliphatic heterocycles. The second-order valence-electron chi connectivity index (χ2n) is 5.87. The maximum absolute atomic E-state index is 12.6. The number of benzene rings is 1. The van der Waals surface area contributed by atoms with Crippen molar-refractivity contribution in [3.05, 3.63) is 35.4 Å². The van der Waals surface area contributed by atoms with Gasteiger partial charge in [-0.1, -0.05) is 31.2 Å². The van der Waals surface area contributed by atoms with Crippen molar-refractivity contribution in [3.63, 3.8) is 0 Å². The molecule has 0 aromatic heterocycles. The Morgan fingerprint density at radius 2 is 2.00 bits per heavy atom. The predicted molar refractivity (Wildman–Crippen MR) is 83.4 cm³/mol. The first-order valence-electron chi connectivity index (χ1n) is 7.75. The fraction of sp³-hybridized carbons (Fsp3) is 0.438. The van der Waals surface area contributed by atoms with Crippen LogP contribution in [0.25, 0.3) is 0 Å². The fourth-order valence-electron chi connectivity index (χ4n) is 3.13. The second-order valence-corrected chi connectivity index (χ2v) is 5.87. The zero-order valence-electron chi connectivity index (χ0n) is 13.1. The van der Waals surface area contributed by atoms with E-state index in [0.717, 1.165) is 12.0 Å². The van der Waals surface area contributed by atoms with Crippen LogP contribution in [0.4, 0.5) is 9.59 Å². The summed E-state index contributed by atoms with van der Waals surface area (Å²) in [6.07, 6.45) is 0.901. The van der Waals surface area contributed by atoms with Crippen LogP contribution in [0.2, 0.25) is 0 Å². The maximum atomic E-state index is 12.6. The van der Waals surface area contributed by atoms with Gasteiger partial charge < -0.3 is 15.5 Å². The topological polar surface area (TPSA) is 87.0 Å². The molecule has 1 unspecified atom stereocenters. The van der Waals surface area contributed by atoms with Gasteiger partial charge in [0.1, 0.15) is 6.04 Å². The Hall–Kier alpha value is -2.57. The number of rotatable bonds is 3. The molecule has 7 nitrogen and oxygen atoms in total. The Balaban J connectivity index is 1.77. The summed E-state index contributed by atoms with van der Waals surface area (Å²) in [7, 11) is 0. The molecule has 122 valence electrons. The molecule has 2 N–H and O–H groups in total. The van der Waals surface area contributed by atoms with Crippen molar-refractivity contribution in [2.75, 3.05) is 19.6 Å². The number of hydrogen-bond acceptors (Lipinski definition) is 3. The van der Waals surface area contributed by atoms with E-state index < -0.39 is 12.1 Å². The van der Waals surface area contributed by atoms with Gasteiger partial charge in [0.15, 0.2) is 0 Å². The normalized spacial score (nSPS) is 20.9. The van der Waals surface area contributed by atoms with Crippen LogP contribution < -0.4 is 5.73 Å². The number of fused-ring (bicyclic) bond motifs is 1. The minimum absolute atomic E-state index is 0.172. The van der Waals surface area contributed by atoms with E-state index in [2.05, 4.69) is 6.92 Å². The molecule has 0 bridgehead atoms. The summed E-state index contributed by atoms with van der Waals surface area (Å²) in [4.78, 5) is 40.5. The number of aryl methyl sites for hydroxylation is 1. The lowest BCUT2D eigenvalue weighted by Gasteiger charge is -2.34. The predicted octanol–water partition coefficient (Wildman–Crippen LogP) is 0.776. The molecule has 0 saturated carbocycles. The van der Waals surface area contributed by atoms with E-state index in [9.17, 15) is 14.4 Å². The van der Waals surface area contributed by atoms with Gasteiger partial charge in [-0.3, -0.25) is 9.69 Å². The maximum Gasteiger partial charge on any atom is 0.327 e. The van der Waals surface area contributed by atoms with E-state index >= 15 is 0 Å². The van der Waals surface area contributed by atoms with Crippen LogP contribution in [-0.2, 0) is 17.8 Å². The van der Waals surface area contributed by atoms with Gasteiger partial charge in [0.25, 0.3) is 5.91 Å². The molecular weight excluding hydrogens is 296 g/mol. The van der Waals surface area contributed by atoms with Gasteiger partial charge in [0.2, 0.25) is 0 Å². The Bertz CT molecular complexity index is 660. The van der Waals surface area contributed by atoms with Gasteiger partial charge in [0.05, 0.1) is 13.1 Å². The lowest BCUT2D eigenvalue weighted by Crippen LogP contribution is -2.55. The Morgan fingerprint density at radius 3 is 2.70 bits per heavy atom. The molecule has 2 aliphatic rings. The molecule has 5 amide bonds. The monoisotopic (exact) mass is 316 g/mol. The fourth-order valence-corrected chi connectivity index (χ4v) is 3.13. The molecule has 1 aromatic rings. The van der Waals surface area contributed by atoms with Crippen LogP contribution in [0.1, 0.15) is 18.1 Å². The number of carbonyl (C=O) groups is 3. The summed E-state index contributed by atoms with van der Waals surface area (Å²) < 4.78 is 0. The zero-order valence-corrected chi connectivity index (χ0v) is 13.1. The van der Waals surface area contributed by atoms with E-state index in [4.69, 9.17) is 5.73 Å². The van der Waals surface area contributed by atoms with Crippen molar-refractivity contribution in [2.45, 2.75) is 25.9 Å². The quantitative estimate of drug-likeness (QED) is 0.836. The van der Waals surface area contributed by atoms with Crippen molar-refractivity contribution in [1.29, 1.82) is 0 Å². The van der Waals surface area contributed by atoms with Crippen molar-refractivity contribution >= 4 is 18.0 Å². The van der Waals surface area contributed by atoms with Crippen molar-refractivity contribution < 1.29 is 14.4 Å². The highest BCUT2D eigenvalue weighted by atomic mass is 16.2. The molecule has 0 aliphatic carbocycles. The Morgan fingerprint density at radius 1 is 1.26 bits per heavy atom. The Labute approximate surface area is 134 Å². The van der Waals surface area contributed by atoms with Gasteiger partial charge in [-0.2, -0.15) is 0 Å². The summed E-state index contributed by atoms with van der Waals surface area (Å²) in [5, 5.41) is 0. The average molecular weight is 316 g/mol. The minimum Gasteiger partial charge on any atom is -0.351 e. The van der Waals surface area contributed by atoms with E-state index in [1.807, 2.05) is 24.3 Å². The number of nitrogens with two attached hydrogens (primary N) is 1. The summed E-state index contributed by atoms with van der Waals surface area (Å²) in [6, 6.07) is 6.41. The van der Waals surface area contributed by atoms with Gasteiger partial charge >= 0.3 is 12.1 Å². The largest absolute Gasteiger partial charge is 0.351 e. The number of piperazine rings is 1. The summed E-state index contributed by atoms with van der Waals surface area (Å²) >= 11 is 0. The van der Waals surface area contributed by atoms with Gasteiger partial charge in [-0.25, -0.2) is 9.59 Å². The van der Waals surface area contributed by atoms with Crippen LogP contribution in [0.5, 0.6) is 0 Å². The number of imide groups is 1. The molecule has 2 heterocycles. The van der Waals surface area contributed by atoms with E-state index in [-0.39, 0.29) is 25.0 Å². The number of nitrogens with zero attached hydrogens (tertiary/aromatic N) is 3. The standard InChI is InChI=1S/C16H20N4O3/c1-2-11-4-3-5-12(8-11)9-20-14(21)13-10-18(15(17)22)6-7-19(13)16(20)23/h3-5,8,13H,2,6-7,9-10H2,1H3,(H2,17,22). The molecule has 1 atom stereocenters. The SMILES string of the molecule is CCc1cccc(CN2C(=O)C3CN(C(N)=O)CCN3C2=O)c1. The third-order valence-electron chi connectivity index (χ3n) is 4.46. The molecule has 3 rings (SSSR count). The number of urea groups is 2.